The van der Waals surface area contributed by atoms with Gasteiger partial charge >= 0.3 is 6.03 Å². The number of sulfone groups is 1. The van der Waals surface area contributed by atoms with Crippen molar-refractivity contribution < 1.29 is 17.9 Å². The Morgan fingerprint density at radius 1 is 1.43 bits per heavy atom. The number of hydrazone groups is 1. The van der Waals surface area contributed by atoms with E-state index in [4.69, 9.17) is 4.74 Å². The summed E-state index contributed by atoms with van der Waals surface area (Å²) in [6.45, 7) is 2.51. The second-order valence-corrected chi connectivity index (χ2v) is 7.03. The number of nitrogens with zero attached hydrogens (tertiary/aromatic N) is 2. The molecule has 0 saturated heterocycles. The van der Waals surface area contributed by atoms with Crippen molar-refractivity contribution in [3.8, 4) is 5.75 Å². The van der Waals surface area contributed by atoms with Crippen molar-refractivity contribution >= 4 is 21.6 Å². The Hall–Kier alpha value is -2.09. The van der Waals surface area contributed by atoms with E-state index in [9.17, 15) is 13.2 Å². The summed E-state index contributed by atoms with van der Waals surface area (Å²) in [5.41, 5.74) is 3.83. The maximum absolute atomic E-state index is 12.5. The lowest BCUT2D eigenvalue weighted by molar-refractivity contribution is 0.209. The summed E-state index contributed by atoms with van der Waals surface area (Å²) < 4.78 is 30.3. The number of hydrogen-bond acceptors (Lipinski definition) is 5. The molecule has 112 valence electrons. The van der Waals surface area contributed by atoms with E-state index in [2.05, 4.69) is 10.5 Å². The zero-order valence-electron chi connectivity index (χ0n) is 11.5. The summed E-state index contributed by atoms with van der Waals surface area (Å²) in [5, 5.41) is 3.78. The Labute approximate surface area is 122 Å². The summed E-state index contributed by atoms with van der Waals surface area (Å²) >= 11 is 0. The monoisotopic (exact) mass is 309 g/mol. The second-order valence-electron chi connectivity index (χ2n) is 5.07. The van der Waals surface area contributed by atoms with Crippen molar-refractivity contribution in [3.05, 3.63) is 23.8 Å². The highest BCUT2D eigenvalue weighted by Crippen LogP contribution is 2.28. The zero-order valence-corrected chi connectivity index (χ0v) is 12.3. The van der Waals surface area contributed by atoms with Gasteiger partial charge in [0, 0.05) is 6.42 Å². The molecule has 2 heterocycles. The van der Waals surface area contributed by atoms with Crippen LogP contribution < -0.4 is 10.2 Å². The molecule has 2 aliphatic rings. The van der Waals surface area contributed by atoms with E-state index in [1.807, 2.05) is 0 Å². The lowest BCUT2D eigenvalue weighted by atomic mass is 10.2. The zero-order chi connectivity index (χ0) is 15.0. The first kappa shape index (κ1) is 13.9. The van der Waals surface area contributed by atoms with Gasteiger partial charge in [-0.3, -0.25) is 0 Å². The molecule has 0 aromatic heterocycles. The van der Waals surface area contributed by atoms with Crippen LogP contribution in [-0.2, 0) is 16.3 Å². The number of urea groups is 1. The summed E-state index contributed by atoms with van der Waals surface area (Å²) in [6.07, 6.45) is 0.703. The van der Waals surface area contributed by atoms with Crippen LogP contribution in [0.2, 0.25) is 0 Å². The van der Waals surface area contributed by atoms with Gasteiger partial charge in [0.1, 0.15) is 11.6 Å². The highest BCUT2D eigenvalue weighted by atomic mass is 32.2. The predicted molar refractivity (Wildman–Crippen MR) is 76.0 cm³/mol. The predicted octanol–water partition coefficient (Wildman–Crippen LogP) is 0.754. The van der Waals surface area contributed by atoms with Crippen LogP contribution in [0.3, 0.4) is 0 Å². The molecule has 2 amide bonds. The van der Waals surface area contributed by atoms with Crippen molar-refractivity contribution in [3.63, 3.8) is 0 Å². The minimum absolute atomic E-state index is 0.207. The topological polar surface area (TPSA) is 88.1 Å². The van der Waals surface area contributed by atoms with Crippen LogP contribution in [0.4, 0.5) is 4.79 Å². The van der Waals surface area contributed by atoms with Gasteiger partial charge in [0.2, 0.25) is 0 Å². The largest absolute Gasteiger partial charge is 0.493 e. The van der Waals surface area contributed by atoms with Crippen LogP contribution in [0, 0.1) is 0 Å². The number of hydrogen-bond donors (Lipinski definition) is 1. The number of carbonyl (C=O) groups is 1. The lowest BCUT2D eigenvalue weighted by Gasteiger charge is -2.25. The molecule has 7 nitrogen and oxygen atoms in total. The quantitative estimate of drug-likeness (QED) is 0.892. The van der Waals surface area contributed by atoms with E-state index >= 15 is 0 Å². The number of ether oxygens (including phenoxy) is 1. The standard InChI is InChI=1S/C13H15N3O4S/c1-9-7-16(13(17)15-14-9)8-21(18,19)11-2-3-12-10(6-11)4-5-20-12/h2-3,6H,4-5,7-8H2,1H3,(H,15,17). The van der Waals surface area contributed by atoms with Gasteiger partial charge in [-0.1, -0.05) is 0 Å². The summed E-state index contributed by atoms with van der Waals surface area (Å²) in [4.78, 5) is 13.1. The molecule has 1 aromatic rings. The Bertz CT molecular complexity index is 727. The van der Waals surface area contributed by atoms with Gasteiger partial charge < -0.3 is 9.64 Å². The Kier molecular flexibility index (Phi) is 3.32. The Morgan fingerprint density at radius 2 is 2.24 bits per heavy atom. The normalized spacial score (nSPS) is 17.9. The van der Waals surface area contributed by atoms with E-state index in [1.165, 1.54) is 11.0 Å². The summed E-state index contributed by atoms with van der Waals surface area (Å²) in [5.74, 6) is 0.360. The molecule has 0 saturated carbocycles. The first-order valence-corrected chi connectivity index (χ1v) is 8.17. The molecule has 0 atom stereocenters. The number of benzene rings is 1. The molecule has 0 fully saturated rings. The van der Waals surface area contributed by atoms with Gasteiger partial charge in [0.25, 0.3) is 0 Å². The van der Waals surface area contributed by atoms with Gasteiger partial charge in [-0.25, -0.2) is 18.6 Å². The average molecular weight is 309 g/mol. The van der Waals surface area contributed by atoms with Crippen molar-refractivity contribution in [1.82, 2.24) is 10.3 Å². The molecule has 0 bridgehead atoms. The molecule has 8 heteroatoms. The molecular weight excluding hydrogens is 294 g/mol. The number of fused-ring (bicyclic) bond motifs is 1. The highest BCUT2D eigenvalue weighted by Gasteiger charge is 2.27. The number of rotatable bonds is 3. The number of amides is 2. The fourth-order valence-corrected chi connectivity index (χ4v) is 3.70. The summed E-state index contributed by atoms with van der Waals surface area (Å²) in [7, 11) is -3.58. The van der Waals surface area contributed by atoms with E-state index in [0.29, 0.717) is 18.7 Å². The molecule has 1 N–H and O–H groups in total. The smallest absolute Gasteiger partial charge is 0.339 e. The van der Waals surface area contributed by atoms with E-state index in [-0.39, 0.29) is 17.3 Å². The first-order valence-electron chi connectivity index (χ1n) is 6.52. The third-order valence-electron chi connectivity index (χ3n) is 3.40. The van der Waals surface area contributed by atoms with Crippen molar-refractivity contribution in [2.75, 3.05) is 19.0 Å². The lowest BCUT2D eigenvalue weighted by Crippen LogP contribution is -2.47. The van der Waals surface area contributed by atoms with Crippen LogP contribution in [0.5, 0.6) is 5.75 Å². The fourth-order valence-electron chi connectivity index (χ4n) is 2.34. The highest BCUT2D eigenvalue weighted by molar-refractivity contribution is 7.91. The second kappa shape index (κ2) is 5.03. The minimum atomic E-state index is -3.58. The molecule has 21 heavy (non-hydrogen) atoms. The van der Waals surface area contributed by atoms with Gasteiger partial charge in [0.15, 0.2) is 9.84 Å². The van der Waals surface area contributed by atoms with Crippen molar-refractivity contribution in [2.45, 2.75) is 18.2 Å². The van der Waals surface area contributed by atoms with E-state index in [0.717, 1.165) is 11.3 Å². The molecule has 3 rings (SSSR count). The van der Waals surface area contributed by atoms with Crippen LogP contribution in [0.1, 0.15) is 12.5 Å². The van der Waals surface area contributed by atoms with Gasteiger partial charge in [-0.15, -0.1) is 0 Å². The third-order valence-corrected chi connectivity index (χ3v) is 5.02. The molecule has 0 spiro atoms. The molecule has 1 aromatic carbocycles. The molecule has 0 radical (unpaired) electrons. The van der Waals surface area contributed by atoms with E-state index in [1.54, 1.807) is 19.1 Å². The van der Waals surface area contributed by atoms with Crippen molar-refractivity contribution in [2.24, 2.45) is 5.10 Å². The third kappa shape index (κ3) is 2.71. The Balaban J connectivity index is 1.84. The van der Waals surface area contributed by atoms with Gasteiger partial charge in [-0.2, -0.15) is 5.10 Å². The fraction of sp³-hybridized carbons (Fsp3) is 0.385. The molecular formula is C13H15N3O4S. The summed E-state index contributed by atoms with van der Waals surface area (Å²) in [6, 6.07) is 4.30. The van der Waals surface area contributed by atoms with E-state index < -0.39 is 15.9 Å². The molecule has 2 aliphatic heterocycles. The van der Waals surface area contributed by atoms with Crippen LogP contribution >= 0.6 is 0 Å². The average Bonchev–Trinajstić information content (AvgIpc) is 2.90. The number of nitrogens with one attached hydrogen (secondary N) is 1. The maximum atomic E-state index is 12.5. The van der Waals surface area contributed by atoms with Crippen LogP contribution in [-0.4, -0.2) is 44.1 Å². The minimum Gasteiger partial charge on any atom is -0.493 e. The van der Waals surface area contributed by atoms with Gasteiger partial charge in [-0.05, 0) is 30.7 Å². The number of carbonyl (C=O) groups excluding carboxylic acids is 1. The first-order chi connectivity index (χ1) is 9.95. The van der Waals surface area contributed by atoms with Crippen LogP contribution in [0.15, 0.2) is 28.2 Å². The van der Waals surface area contributed by atoms with Crippen LogP contribution in [0.25, 0.3) is 0 Å². The van der Waals surface area contributed by atoms with Crippen molar-refractivity contribution in [1.29, 1.82) is 0 Å². The molecule has 0 aliphatic carbocycles. The maximum Gasteiger partial charge on any atom is 0.339 e. The molecule has 0 unspecified atom stereocenters. The van der Waals surface area contributed by atoms with Gasteiger partial charge in [0.05, 0.1) is 23.8 Å². The SMILES string of the molecule is CC1=NNC(=O)N(CS(=O)(=O)c2ccc3c(c2)CCO3)C1. The Morgan fingerprint density at radius 3 is 3.05 bits per heavy atom.